The maximum atomic E-state index is 13.0. The second kappa shape index (κ2) is 9.97. The third-order valence-corrected chi connectivity index (χ3v) is 7.25. The van der Waals surface area contributed by atoms with Crippen molar-refractivity contribution in [2.24, 2.45) is 5.92 Å². The number of halogens is 1. The first kappa shape index (κ1) is 22.7. The molecule has 4 rings (SSSR count). The van der Waals surface area contributed by atoms with Gasteiger partial charge in [0.2, 0.25) is 11.8 Å². The van der Waals surface area contributed by atoms with Crippen LogP contribution in [0.5, 0.6) is 0 Å². The molecular formula is C22H25ClN4O4S. The van der Waals surface area contributed by atoms with Crippen LogP contribution in [0.4, 0.5) is 11.5 Å². The highest BCUT2D eigenvalue weighted by Crippen LogP contribution is 2.32. The van der Waals surface area contributed by atoms with E-state index >= 15 is 0 Å². The van der Waals surface area contributed by atoms with Crippen molar-refractivity contribution in [3.63, 3.8) is 0 Å². The van der Waals surface area contributed by atoms with Crippen LogP contribution >= 0.6 is 22.9 Å². The van der Waals surface area contributed by atoms with Crippen LogP contribution in [0.2, 0.25) is 5.02 Å². The highest BCUT2D eigenvalue weighted by atomic mass is 35.5. The summed E-state index contributed by atoms with van der Waals surface area (Å²) in [7, 11) is 0. The number of anilines is 2. The number of rotatable bonds is 5. The molecule has 8 nitrogen and oxygen atoms in total. The monoisotopic (exact) mass is 476 g/mol. The number of nitrogens with zero attached hydrogens (tertiary/aromatic N) is 2. The van der Waals surface area contributed by atoms with Gasteiger partial charge in [0.1, 0.15) is 17.3 Å². The Kier molecular flexibility index (Phi) is 7.07. The van der Waals surface area contributed by atoms with Gasteiger partial charge in [-0.2, -0.15) is 0 Å². The highest BCUT2D eigenvalue weighted by Gasteiger charge is 2.33. The molecule has 1 saturated carbocycles. The standard InChI is InChI=1S/C22H25ClN4O4S/c1-13-12-32-20(22(30)25-17-7-4-15(23)10-24-17)19(13)26-21(29)14-2-5-16(6-3-14)27-8-9-31-11-18(27)28/h4,7,10,12,14,16H,2-3,5-6,8-9,11H2,1H3,(H,26,29)(H,24,25,30)/t14-,16-. The van der Waals surface area contributed by atoms with E-state index in [9.17, 15) is 14.4 Å². The summed E-state index contributed by atoms with van der Waals surface area (Å²) in [4.78, 5) is 44.2. The number of nitrogens with one attached hydrogen (secondary N) is 2. The van der Waals surface area contributed by atoms with Crippen molar-refractivity contribution in [1.82, 2.24) is 9.88 Å². The van der Waals surface area contributed by atoms with Gasteiger partial charge < -0.3 is 20.3 Å². The van der Waals surface area contributed by atoms with E-state index in [1.807, 2.05) is 17.2 Å². The molecule has 170 valence electrons. The van der Waals surface area contributed by atoms with Gasteiger partial charge in [0.05, 0.1) is 17.3 Å². The number of thiophene rings is 1. The summed E-state index contributed by atoms with van der Waals surface area (Å²) in [5.74, 6) is -0.141. The van der Waals surface area contributed by atoms with Crippen LogP contribution in [-0.2, 0) is 14.3 Å². The molecule has 2 aromatic heterocycles. The average Bonchev–Trinajstić information content (AvgIpc) is 3.16. The zero-order valence-electron chi connectivity index (χ0n) is 17.7. The number of ether oxygens (including phenoxy) is 1. The van der Waals surface area contributed by atoms with Crippen LogP contribution < -0.4 is 10.6 Å². The fourth-order valence-electron chi connectivity index (χ4n) is 4.18. The summed E-state index contributed by atoms with van der Waals surface area (Å²) in [6.45, 7) is 3.20. The number of aryl methyl sites for hydroxylation is 1. The minimum absolute atomic E-state index is 0.0314. The molecule has 0 atom stereocenters. The quantitative estimate of drug-likeness (QED) is 0.685. The summed E-state index contributed by atoms with van der Waals surface area (Å²) >= 11 is 7.12. The van der Waals surface area contributed by atoms with Crippen molar-refractivity contribution in [3.05, 3.63) is 39.2 Å². The van der Waals surface area contributed by atoms with Crippen molar-refractivity contribution in [3.8, 4) is 0 Å². The van der Waals surface area contributed by atoms with Gasteiger partial charge in [-0.05, 0) is 55.7 Å². The number of aromatic nitrogens is 1. The SMILES string of the molecule is Cc1csc(C(=O)Nc2ccc(Cl)cn2)c1NC(=O)[C@H]1CC[C@H](N2CCOCC2=O)CC1. The predicted octanol–water partition coefficient (Wildman–Crippen LogP) is 3.71. The Labute approximate surface area is 195 Å². The maximum absolute atomic E-state index is 13.0. The lowest BCUT2D eigenvalue weighted by molar-refractivity contribution is -0.146. The molecule has 32 heavy (non-hydrogen) atoms. The van der Waals surface area contributed by atoms with Gasteiger partial charge in [0.15, 0.2) is 0 Å². The number of hydrogen-bond acceptors (Lipinski definition) is 6. The molecule has 1 aliphatic heterocycles. The summed E-state index contributed by atoms with van der Waals surface area (Å²) in [5.41, 5.74) is 1.38. The van der Waals surface area contributed by atoms with E-state index in [-0.39, 0.29) is 36.3 Å². The molecule has 2 N–H and O–H groups in total. The Hall–Kier alpha value is -2.49. The van der Waals surface area contributed by atoms with Crippen molar-refractivity contribution in [2.75, 3.05) is 30.4 Å². The molecule has 10 heteroatoms. The normalized spacial score (nSPS) is 21.3. The third kappa shape index (κ3) is 5.11. The number of hydrogen-bond donors (Lipinski definition) is 2. The lowest BCUT2D eigenvalue weighted by Gasteiger charge is -2.38. The van der Waals surface area contributed by atoms with Crippen LogP contribution in [-0.4, -0.2) is 53.4 Å². The first-order valence-corrected chi connectivity index (χ1v) is 11.9. The van der Waals surface area contributed by atoms with E-state index in [0.717, 1.165) is 18.4 Å². The Balaban J connectivity index is 1.36. The van der Waals surface area contributed by atoms with Crippen molar-refractivity contribution in [2.45, 2.75) is 38.6 Å². The van der Waals surface area contributed by atoms with Gasteiger partial charge >= 0.3 is 0 Å². The van der Waals surface area contributed by atoms with Gasteiger partial charge in [-0.1, -0.05) is 11.6 Å². The van der Waals surface area contributed by atoms with Crippen molar-refractivity contribution in [1.29, 1.82) is 0 Å². The van der Waals surface area contributed by atoms with E-state index in [1.165, 1.54) is 17.5 Å². The predicted molar refractivity (Wildman–Crippen MR) is 123 cm³/mol. The molecule has 2 aliphatic rings. The van der Waals surface area contributed by atoms with Crippen LogP contribution in [0.15, 0.2) is 23.7 Å². The molecule has 0 bridgehead atoms. The summed E-state index contributed by atoms with van der Waals surface area (Å²) < 4.78 is 5.21. The molecule has 0 aromatic carbocycles. The van der Waals surface area contributed by atoms with E-state index in [2.05, 4.69) is 15.6 Å². The lowest BCUT2D eigenvalue weighted by atomic mass is 9.84. The largest absolute Gasteiger partial charge is 0.370 e. The fraction of sp³-hybridized carbons (Fsp3) is 0.455. The molecule has 2 aromatic rings. The summed E-state index contributed by atoms with van der Waals surface area (Å²) in [6.07, 6.45) is 4.46. The summed E-state index contributed by atoms with van der Waals surface area (Å²) in [6, 6.07) is 3.44. The second-order valence-electron chi connectivity index (χ2n) is 8.07. The number of morpholine rings is 1. The van der Waals surface area contributed by atoms with Gasteiger partial charge in [-0.3, -0.25) is 14.4 Å². The van der Waals surface area contributed by atoms with E-state index in [0.29, 0.717) is 47.4 Å². The van der Waals surface area contributed by atoms with Crippen LogP contribution in [0.1, 0.15) is 40.9 Å². The first-order valence-electron chi connectivity index (χ1n) is 10.6. The molecular weight excluding hydrogens is 452 g/mol. The van der Waals surface area contributed by atoms with E-state index in [1.54, 1.807) is 12.1 Å². The zero-order valence-corrected chi connectivity index (χ0v) is 19.3. The molecule has 1 aliphatic carbocycles. The summed E-state index contributed by atoms with van der Waals surface area (Å²) in [5, 5.41) is 8.05. The first-order chi connectivity index (χ1) is 15.4. The van der Waals surface area contributed by atoms with Crippen molar-refractivity contribution >= 4 is 52.2 Å². The highest BCUT2D eigenvalue weighted by molar-refractivity contribution is 7.13. The van der Waals surface area contributed by atoms with Crippen LogP contribution in [0, 0.1) is 12.8 Å². The third-order valence-electron chi connectivity index (χ3n) is 5.93. The Bertz CT molecular complexity index is 1000. The Morgan fingerprint density at radius 2 is 2.00 bits per heavy atom. The minimum atomic E-state index is -0.331. The zero-order chi connectivity index (χ0) is 22.7. The molecule has 1 saturated heterocycles. The van der Waals surface area contributed by atoms with Crippen LogP contribution in [0.3, 0.4) is 0 Å². The number of carbonyl (C=O) groups excluding carboxylic acids is 3. The van der Waals surface area contributed by atoms with Gasteiger partial charge in [-0.25, -0.2) is 4.98 Å². The van der Waals surface area contributed by atoms with Gasteiger partial charge in [0, 0.05) is 24.7 Å². The molecule has 3 heterocycles. The van der Waals surface area contributed by atoms with E-state index < -0.39 is 0 Å². The van der Waals surface area contributed by atoms with E-state index in [4.69, 9.17) is 16.3 Å². The van der Waals surface area contributed by atoms with Gasteiger partial charge in [0.25, 0.3) is 5.91 Å². The topological polar surface area (TPSA) is 101 Å². The Morgan fingerprint density at radius 3 is 2.69 bits per heavy atom. The fourth-order valence-corrected chi connectivity index (χ4v) is 5.19. The number of amides is 3. The minimum Gasteiger partial charge on any atom is -0.370 e. The molecule has 2 fully saturated rings. The number of pyridine rings is 1. The molecule has 0 spiro atoms. The molecule has 0 radical (unpaired) electrons. The molecule has 3 amide bonds. The Morgan fingerprint density at radius 1 is 1.22 bits per heavy atom. The molecule has 0 unspecified atom stereocenters. The lowest BCUT2D eigenvalue weighted by Crippen LogP contribution is -2.49. The smallest absolute Gasteiger partial charge is 0.269 e. The van der Waals surface area contributed by atoms with Gasteiger partial charge in [-0.15, -0.1) is 11.3 Å². The van der Waals surface area contributed by atoms with Crippen molar-refractivity contribution < 1.29 is 19.1 Å². The number of carbonyl (C=O) groups is 3. The van der Waals surface area contributed by atoms with Crippen LogP contribution in [0.25, 0.3) is 0 Å². The maximum Gasteiger partial charge on any atom is 0.269 e. The second-order valence-corrected chi connectivity index (χ2v) is 9.39. The average molecular weight is 477 g/mol.